The lowest BCUT2D eigenvalue weighted by Crippen LogP contribution is -2.31. The van der Waals surface area contributed by atoms with E-state index in [2.05, 4.69) is 10.4 Å². The third kappa shape index (κ3) is 4.14. The summed E-state index contributed by atoms with van der Waals surface area (Å²) in [6.45, 7) is 1.31. The van der Waals surface area contributed by atoms with Crippen LogP contribution in [0.15, 0.2) is 11.0 Å². The van der Waals surface area contributed by atoms with Crippen LogP contribution < -0.4 is 10.9 Å². The summed E-state index contributed by atoms with van der Waals surface area (Å²) in [6.07, 6.45) is 3.87. The molecule has 1 aromatic heterocycles. The number of hydrogen-bond donors (Lipinski definition) is 1. The van der Waals surface area contributed by atoms with Gasteiger partial charge in [0.25, 0.3) is 5.56 Å². The Bertz CT molecular complexity index is 500. The van der Waals surface area contributed by atoms with Crippen molar-refractivity contribution in [3.05, 3.63) is 21.6 Å². The van der Waals surface area contributed by atoms with E-state index in [1.807, 2.05) is 30.8 Å². The average Bonchev–Trinajstić information content (AvgIpc) is 2.44. The molecule has 0 aromatic carbocycles. The number of thioether (sulfide) groups is 1. The molecule has 5 nitrogen and oxygen atoms in total. The molecule has 0 spiro atoms. The van der Waals surface area contributed by atoms with Crippen molar-refractivity contribution < 1.29 is 0 Å². The number of aromatic nitrogens is 2. The van der Waals surface area contributed by atoms with Crippen molar-refractivity contribution in [1.82, 2.24) is 14.7 Å². The first-order valence-corrected chi connectivity index (χ1v) is 8.36. The second-order valence-corrected chi connectivity index (χ2v) is 6.84. The second kappa shape index (κ2) is 7.33. The fraction of sp³-hybridized carbons (Fsp3) is 0.692. The van der Waals surface area contributed by atoms with Crippen molar-refractivity contribution in [2.75, 3.05) is 37.5 Å². The predicted octanol–water partition coefficient (Wildman–Crippen LogP) is 1.77. The maximum Gasteiger partial charge on any atom is 0.287 e. The lowest BCUT2D eigenvalue weighted by Gasteiger charge is -2.24. The van der Waals surface area contributed by atoms with Crippen LogP contribution in [0.3, 0.4) is 0 Å². The first-order chi connectivity index (χ1) is 9.58. The van der Waals surface area contributed by atoms with Crippen molar-refractivity contribution in [2.45, 2.75) is 25.4 Å². The Morgan fingerprint density at radius 1 is 1.50 bits per heavy atom. The van der Waals surface area contributed by atoms with Crippen molar-refractivity contribution in [3.8, 4) is 0 Å². The third-order valence-corrected chi connectivity index (χ3v) is 4.74. The van der Waals surface area contributed by atoms with Gasteiger partial charge in [0.15, 0.2) is 0 Å². The fourth-order valence-electron chi connectivity index (χ4n) is 2.08. The standard InChI is InChI=1S/C13H21ClN4OS/c1-17(2)5-6-18-13(19)12(14)11(9-15-18)16-10-3-7-20-8-4-10/h9-10,16H,3-8H2,1-2H3. The van der Waals surface area contributed by atoms with Crippen molar-refractivity contribution in [1.29, 1.82) is 0 Å². The van der Waals surface area contributed by atoms with Crippen LogP contribution in [-0.2, 0) is 6.54 Å². The fourth-order valence-corrected chi connectivity index (χ4v) is 3.39. The Labute approximate surface area is 128 Å². The monoisotopic (exact) mass is 316 g/mol. The largest absolute Gasteiger partial charge is 0.380 e. The Hall–Kier alpha value is -0.720. The zero-order valence-electron chi connectivity index (χ0n) is 11.9. The lowest BCUT2D eigenvalue weighted by atomic mass is 10.1. The van der Waals surface area contributed by atoms with Gasteiger partial charge < -0.3 is 10.2 Å². The third-order valence-electron chi connectivity index (χ3n) is 3.32. The molecule has 0 atom stereocenters. The number of anilines is 1. The minimum atomic E-state index is -0.219. The van der Waals surface area contributed by atoms with Gasteiger partial charge in [-0.1, -0.05) is 11.6 Å². The van der Waals surface area contributed by atoms with E-state index >= 15 is 0 Å². The molecule has 1 aliphatic rings. The Morgan fingerprint density at radius 2 is 2.20 bits per heavy atom. The van der Waals surface area contributed by atoms with Gasteiger partial charge in [-0.15, -0.1) is 0 Å². The maximum absolute atomic E-state index is 12.1. The highest BCUT2D eigenvalue weighted by molar-refractivity contribution is 7.99. The van der Waals surface area contributed by atoms with Gasteiger partial charge in [0, 0.05) is 12.6 Å². The highest BCUT2D eigenvalue weighted by Gasteiger charge is 2.16. The van der Waals surface area contributed by atoms with Gasteiger partial charge >= 0.3 is 0 Å². The molecule has 0 bridgehead atoms. The number of likely N-dealkylation sites (N-methyl/N-ethyl adjacent to an activating group) is 1. The average molecular weight is 317 g/mol. The van der Waals surface area contributed by atoms with Crippen LogP contribution in [0.4, 0.5) is 5.69 Å². The Kier molecular flexibility index (Phi) is 5.74. The zero-order chi connectivity index (χ0) is 14.5. The molecule has 0 amide bonds. The van der Waals surface area contributed by atoms with E-state index < -0.39 is 0 Å². The Balaban J connectivity index is 2.07. The van der Waals surface area contributed by atoms with Crippen LogP contribution >= 0.6 is 23.4 Å². The van der Waals surface area contributed by atoms with Crippen LogP contribution in [0.2, 0.25) is 5.02 Å². The van der Waals surface area contributed by atoms with E-state index in [9.17, 15) is 4.79 Å². The second-order valence-electron chi connectivity index (χ2n) is 5.23. The topological polar surface area (TPSA) is 50.2 Å². The van der Waals surface area contributed by atoms with Crippen LogP contribution in [0, 0.1) is 0 Å². The summed E-state index contributed by atoms with van der Waals surface area (Å²) in [5.74, 6) is 2.31. The molecule has 0 saturated carbocycles. The Morgan fingerprint density at radius 3 is 2.85 bits per heavy atom. The van der Waals surface area contributed by atoms with Crippen molar-refractivity contribution in [2.24, 2.45) is 0 Å². The van der Waals surface area contributed by atoms with Gasteiger partial charge in [0.05, 0.1) is 18.4 Å². The van der Waals surface area contributed by atoms with Gasteiger partial charge in [0.2, 0.25) is 0 Å². The minimum absolute atomic E-state index is 0.219. The molecule has 0 unspecified atom stereocenters. The van der Waals surface area contributed by atoms with Crippen LogP contribution in [0.25, 0.3) is 0 Å². The van der Waals surface area contributed by atoms with E-state index in [1.165, 1.54) is 4.68 Å². The zero-order valence-corrected chi connectivity index (χ0v) is 13.5. The van der Waals surface area contributed by atoms with Crippen LogP contribution in [0.5, 0.6) is 0 Å². The number of hydrogen-bond acceptors (Lipinski definition) is 5. The highest BCUT2D eigenvalue weighted by Crippen LogP contribution is 2.23. The van der Waals surface area contributed by atoms with Gasteiger partial charge in [-0.05, 0) is 38.4 Å². The maximum atomic E-state index is 12.1. The molecule has 1 aliphatic heterocycles. The van der Waals surface area contributed by atoms with E-state index in [0.29, 0.717) is 18.3 Å². The lowest BCUT2D eigenvalue weighted by molar-refractivity contribution is 0.367. The summed E-state index contributed by atoms with van der Waals surface area (Å²) < 4.78 is 1.42. The molecular formula is C13H21ClN4OS. The molecule has 20 heavy (non-hydrogen) atoms. The summed E-state index contributed by atoms with van der Waals surface area (Å²) in [6, 6.07) is 0.396. The highest BCUT2D eigenvalue weighted by atomic mass is 35.5. The normalized spacial score (nSPS) is 16.6. The molecule has 1 fully saturated rings. The van der Waals surface area contributed by atoms with Gasteiger partial charge in [-0.25, -0.2) is 4.68 Å². The number of rotatable bonds is 5. The quantitative estimate of drug-likeness (QED) is 0.897. The number of nitrogens with zero attached hydrogens (tertiary/aromatic N) is 3. The molecule has 112 valence electrons. The predicted molar refractivity (Wildman–Crippen MR) is 86.0 cm³/mol. The van der Waals surface area contributed by atoms with Gasteiger partial charge in [-0.3, -0.25) is 4.79 Å². The summed E-state index contributed by atoms with van der Waals surface area (Å²) in [4.78, 5) is 14.2. The molecule has 7 heteroatoms. The first-order valence-electron chi connectivity index (χ1n) is 6.82. The molecule has 0 radical (unpaired) electrons. The summed E-state index contributed by atoms with van der Waals surface area (Å²) in [5.41, 5.74) is 0.443. The van der Waals surface area contributed by atoms with Crippen LogP contribution in [0.1, 0.15) is 12.8 Å². The van der Waals surface area contributed by atoms with E-state index in [1.54, 1.807) is 6.20 Å². The van der Waals surface area contributed by atoms with Gasteiger partial charge in [-0.2, -0.15) is 16.9 Å². The molecule has 1 N–H and O–H groups in total. The summed E-state index contributed by atoms with van der Waals surface area (Å²) >= 11 is 8.15. The number of nitrogens with one attached hydrogen (secondary N) is 1. The van der Waals surface area contributed by atoms with Crippen molar-refractivity contribution >= 4 is 29.1 Å². The molecular weight excluding hydrogens is 296 g/mol. The summed E-state index contributed by atoms with van der Waals surface area (Å²) in [5, 5.41) is 7.80. The SMILES string of the molecule is CN(C)CCn1ncc(NC2CCSCC2)c(Cl)c1=O. The molecule has 2 rings (SSSR count). The molecule has 2 heterocycles. The first kappa shape index (κ1) is 15.7. The molecule has 1 saturated heterocycles. The smallest absolute Gasteiger partial charge is 0.287 e. The van der Waals surface area contributed by atoms with Crippen LogP contribution in [-0.4, -0.2) is 52.9 Å². The van der Waals surface area contributed by atoms with E-state index in [-0.39, 0.29) is 10.6 Å². The van der Waals surface area contributed by atoms with E-state index in [0.717, 1.165) is 30.9 Å². The number of halogens is 1. The molecule has 1 aromatic rings. The molecule has 0 aliphatic carbocycles. The van der Waals surface area contributed by atoms with Crippen molar-refractivity contribution in [3.63, 3.8) is 0 Å². The summed E-state index contributed by atoms with van der Waals surface area (Å²) in [7, 11) is 3.92. The van der Waals surface area contributed by atoms with Gasteiger partial charge in [0.1, 0.15) is 5.02 Å². The van der Waals surface area contributed by atoms with E-state index in [4.69, 9.17) is 11.6 Å². The minimum Gasteiger partial charge on any atom is -0.380 e.